The van der Waals surface area contributed by atoms with Gasteiger partial charge in [0.2, 0.25) is 0 Å². The molecule has 0 aliphatic carbocycles. The van der Waals surface area contributed by atoms with E-state index >= 15 is 0 Å². The van der Waals surface area contributed by atoms with Crippen LogP contribution in [0.25, 0.3) is 0 Å². The molecule has 0 aromatic heterocycles. The Bertz CT molecular complexity index is 256. The maximum atomic E-state index is 11.5. The SMILES string of the molecule is CCCCCCCCCCCC(O)CC(=O)OC(C)(C)C. The third-order valence-corrected chi connectivity index (χ3v) is 3.46. The Balaban J connectivity index is 3.41. The Kier molecular flexibility index (Phi) is 11.7. The van der Waals surface area contributed by atoms with Crippen LogP contribution in [0.4, 0.5) is 0 Å². The van der Waals surface area contributed by atoms with Crippen LogP contribution >= 0.6 is 0 Å². The highest BCUT2D eigenvalue weighted by molar-refractivity contribution is 5.70. The van der Waals surface area contributed by atoms with Crippen LogP contribution in [-0.2, 0) is 9.53 Å². The van der Waals surface area contributed by atoms with Crippen molar-refractivity contribution in [2.45, 2.75) is 110 Å². The highest BCUT2D eigenvalue weighted by atomic mass is 16.6. The molecule has 0 amide bonds. The molecule has 0 fully saturated rings. The largest absolute Gasteiger partial charge is 0.460 e. The van der Waals surface area contributed by atoms with Crippen LogP contribution in [0.15, 0.2) is 0 Å². The van der Waals surface area contributed by atoms with Gasteiger partial charge in [0.1, 0.15) is 5.60 Å². The lowest BCUT2D eigenvalue weighted by atomic mass is 10.0. The van der Waals surface area contributed by atoms with E-state index in [1.807, 2.05) is 20.8 Å². The number of aliphatic hydroxyl groups excluding tert-OH is 1. The van der Waals surface area contributed by atoms with Crippen LogP contribution in [0.5, 0.6) is 0 Å². The van der Waals surface area contributed by atoms with Gasteiger partial charge < -0.3 is 9.84 Å². The molecule has 21 heavy (non-hydrogen) atoms. The van der Waals surface area contributed by atoms with Crippen molar-refractivity contribution in [3.05, 3.63) is 0 Å². The first-order valence-corrected chi connectivity index (χ1v) is 8.75. The fourth-order valence-electron chi connectivity index (χ4n) is 2.37. The molecule has 0 saturated heterocycles. The topological polar surface area (TPSA) is 46.5 Å². The van der Waals surface area contributed by atoms with Gasteiger partial charge in [-0.05, 0) is 27.2 Å². The zero-order valence-corrected chi connectivity index (χ0v) is 14.6. The lowest BCUT2D eigenvalue weighted by Crippen LogP contribution is -2.26. The first-order chi connectivity index (χ1) is 9.85. The summed E-state index contributed by atoms with van der Waals surface area (Å²) >= 11 is 0. The predicted octanol–water partition coefficient (Wildman–Crippen LogP) is 5.00. The summed E-state index contributed by atoms with van der Waals surface area (Å²) in [5.74, 6) is -0.300. The van der Waals surface area contributed by atoms with Gasteiger partial charge in [-0.25, -0.2) is 0 Å². The molecule has 0 aromatic carbocycles. The van der Waals surface area contributed by atoms with E-state index in [9.17, 15) is 9.90 Å². The maximum absolute atomic E-state index is 11.5. The second-order valence-electron chi connectivity index (χ2n) is 7.06. The van der Waals surface area contributed by atoms with E-state index in [-0.39, 0.29) is 12.4 Å². The maximum Gasteiger partial charge on any atom is 0.308 e. The molecule has 0 radical (unpaired) electrons. The molecular weight excluding hydrogens is 264 g/mol. The number of ether oxygens (including phenoxy) is 1. The molecular formula is C18H36O3. The lowest BCUT2D eigenvalue weighted by molar-refractivity contribution is -0.157. The minimum Gasteiger partial charge on any atom is -0.460 e. The standard InChI is InChI=1S/C18H36O3/c1-5-6-7-8-9-10-11-12-13-14-16(19)15-17(20)21-18(2,3)4/h16,19H,5-15H2,1-4H3. The molecule has 1 unspecified atom stereocenters. The van der Waals surface area contributed by atoms with Crippen molar-refractivity contribution in [1.29, 1.82) is 0 Å². The van der Waals surface area contributed by atoms with Crippen LogP contribution < -0.4 is 0 Å². The zero-order chi connectivity index (χ0) is 16.1. The minimum atomic E-state index is -0.551. The van der Waals surface area contributed by atoms with Crippen molar-refractivity contribution in [2.24, 2.45) is 0 Å². The summed E-state index contributed by atoms with van der Waals surface area (Å²) in [5, 5.41) is 9.82. The van der Waals surface area contributed by atoms with Gasteiger partial charge in [0.25, 0.3) is 0 Å². The molecule has 0 aliphatic heterocycles. The van der Waals surface area contributed by atoms with Crippen molar-refractivity contribution in [2.75, 3.05) is 0 Å². The Hall–Kier alpha value is -0.570. The third kappa shape index (κ3) is 15.6. The van der Waals surface area contributed by atoms with Crippen molar-refractivity contribution in [1.82, 2.24) is 0 Å². The molecule has 0 bridgehead atoms. The summed E-state index contributed by atoms with van der Waals surface area (Å²) < 4.78 is 5.20. The number of hydrogen-bond acceptors (Lipinski definition) is 3. The second-order valence-corrected chi connectivity index (χ2v) is 7.06. The van der Waals surface area contributed by atoms with Gasteiger partial charge >= 0.3 is 5.97 Å². The van der Waals surface area contributed by atoms with Crippen molar-refractivity contribution >= 4 is 5.97 Å². The van der Waals surface area contributed by atoms with Crippen LogP contribution in [-0.4, -0.2) is 22.8 Å². The normalized spacial score (nSPS) is 13.2. The van der Waals surface area contributed by atoms with E-state index in [0.29, 0.717) is 6.42 Å². The predicted molar refractivity (Wildman–Crippen MR) is 88.3 cm³/mol. The third-order valence-electron chi connectivity index (χ3n) is 3.46. The van der Waals surface area contributed by atoms with Crippen LogP contribution in [0, 0.1) is 0 Å². The van der Waals surface area contributed by atoms with Gasteiger partial charge in [0, 0.05) is 0 Å². The van der Waals surface area contributed by atoms with E-state index in [2.05, 4.69) is 6.92 Å². The fourth-order valence-corrected chi connectivity index (χ4v) is 2.37. The molecule has 3 nitrogen and oxygen atoms in total. The number of carbonyl (C=O) groups is 1. The van der Waals surface area contributed by atoms with Crippen LogP contribution in [0.3, 0.4) is 0 Å². The van der Waals surface area contributed by atoms with Gasteiger partial charge in [-0.15, -0.1) is 0 Å². The molecule has 0 heterocycles. The molecule has 0 rings (SSSR count). The van der Waals surface area contributed by atoms with E-state index in [1.54, 1.807) is 0 Å². The number of rotatable bonds is 12. The summed E-state index contributed by atoms with van der Waals surface area (Å²) in [6.45, 7) is 7.77. The van der Waals surface area contributed by atoms with Crippen molar-refractivity contribution in [3.63, 3.8) is 0 Å². The summed E-state index contributed by atoms with van der Waals surface area (Å²) in [6, 6.07) is 0. The second kappa shape index (κ2) is 12.0. The van der Waals surface area contributed by atoms with Gasteiger partial charge in [0.15, 0.2) is 0 Å². The molecule has 1 atom stereocenters. The average molecular weight is 300 g/mol. The number of esters is 1. The summed E-state index contributed by atoms with van der Waals surface area (Å²) in [6.07, 6.45) is 11.7. The van der Waals surface area contributed by atoms with Crippen molar-refractivity contribution in [3.8, 4) is 0 Å². The monoisotopic (exact) mass is 300 g/mol. The molecule has 0 spiro atoms. The van der Waals surface area contributed by atoms with E-state index in [0.717, 1.165) is 12.8 Å². The lowest BCUT2D eigenvalue weighted by Gasteiger charge is -2.20. The summed E-state index contributed by atoms with van der Waals surface area (Å²) in [5.41, 5.74) is -0.464. The molecule has 0 saturated carbocycles. The molecule has 0 aliphatic rings. The first-order valence-electron chi connectivity index (χ1n) is 8.75. The van der Waals surface area contributed by atoms with Crippen molar-refractivity contribution < 1.29 is 14.6 Å². The van der Waals surface area contributed by atoms with Gasteiger partial charge in [-0.3, -0.25) is 4.79 Å². The summed E-state index contributed by atoms with van der Waals surface area (Å²) in [4.78, 5) is 11.5. The zero-order valence-electron chi connectivity index (χ0n) is 14.6. The van der Waals surface area contributed by atoms with Crippen LogP contribution in [0.2, 0.25) is 0 Å². The highest BCUT2D eigenvalue weighted by Gasteiger charge is 2.18. The Morgan fingerprint density at radius 3 is 1.90 bits per heavy atom. The average Bonchev–Trinajstić information content (AvgIpc) is 2.34. The Labute approximate surface area is 131 Å². The van der Waals surface area contributed by atoms with E-state index in [4.69, 9.17) is 4.74 Å². The smallest absolute Gasteiger partial charge is 0.308 e. The quantitative estimate of drug-likeness (QED) is 0.407. The first kappa shape index (κ1) is 20.4. The van der Waals surface area contributed by atoms with Gasteiger partial charge in [0.05, 0.1) is 12.5 Å². The summed E-state index contributed by atoms with van der Waals surface area (Å²) in [7, 11) is 0. The highest BCUT2D eigenvalue weighted by Crippen LogP contribution is 2.14. The van der Waals surface area contributed by atoms with Gasteiger partial charge in [-0.2, -0.15) is 0 Å². The number of unbranched alkanes of at least 4 members (excludes halogenated alkanes) is 8. The Morgan fingerprint density at radius 2 is 1.43 bits per heavy atom. The fraction of sp³-hybridized carbons (Fsp3) is 0.944. The Morgan fingerprint density at radius 1 is 0.952 bits per heavy atom. The number of hydrogen-bond donors (Lipinski definition) is 1. The van der Waals surface area contributed by atoms with E-state index in [1.165, 1.54) is 44.9 Å². The van der Waals surface area contributed by atoms with Gasteiger partial charge in [-0.1, -0.05) is 64.7 Å². The molecule has 1 N–H and O–H groups in total. The molecule has 126 valence electrons. The molecule has 0 aromatic rings. The molecule has 3 heteroatoms. The van der Waals surface area contributed by atoms with E-state index < -0.39 is 11.7 Å². The van der Waals surface area contributed by atoms with Crippen LogP contribution in [0.1, 0.15) is 98.3 Å². The number of aliphatic hydroxyl groups is 1. The number of carbonyl (C=O) groups excluding carboxylic acids is 1. The minimum absolute atomic E-state index is 0.119.